The zero-order chi connectivity index (χ0) is 10.0. The maximum absolute atomic E-state index is 11.3. The molecule has 0 fully saturated rings. The van der Waals surface area contributed by atoms with Crippen molar-refractivity contribution in [2.45, 2.75) is 13.0 Å². The first kappa shape index (κ1) is 10.7. The SMILES string of the molecule is CC(O)C(=O)N(C)c1ccc(Br)s1. The Kier molecular flexibility index (Phi) is 3.47. The maximum Gasteiger partial charge on any atom is 0.255 e. The van der Waals surface area contributed by atoms with Crippen molar-refractivity contribution in [2.24, 2.45) is 0 Å². The average molecular weight is 264 g/mol. The molecule has 0 aliphatic heterocycles. The first-order chi connectivity index (χ1) is 6.02. The van der Waals surface area contributed by atoms with E-state index in [1.165, 1.54) is 23.2 Å². The minimum absolute atomic E-state index is 0.297. The van der Waals surface area contributed by atoms with Gasteiger partial charge in [-0.25, -0.2) is 0 Å². The normalized spacial score (nSPS) is 12.6. The standard InChI is InChI=1S/C8H10BrNO2S/c1-5(11)8(12)10(2)7-4-3-6(9)13-7/h3-5,11H,1-2H3. The number of hydrogen-bond donors (Lipinski definition) is 1. The molecule has 1 N–H and O–H groups in total. The number of aliphatic hydroxyl groups excluding tert-OH is 1. The Morgan fingerprint density at radius 2 is 2.31 bits per heavy atom. The van der Waals surface area contributed by atoms with E-state index in [1.54, 1.807) is 7.05 Å². The Bertz CT molecular complexity index is 311. The molecule has 5 heteroatoms. The molecular weight excluding hydrogens is 254 g/mol. The van der Waals surface area contributed by atoms with Gasteiger partial charge in [-0.2, -0.15) is 0 Å². The van der Waals surface area contributed by atoms with Gasteiger partial charge in [0.25, 0.3) is 5.91 Å². The predicted octanol–water partition coefficient (Wildman–Crippen LogP) is 1.85. The van der Waals surface area contributed by atoms with Gasteiger partial charge in [0.2, 0.25) is 0 Å². The minimum atomic E-state index is -0.953. The van der Waals surface area contributed by atoms with Crippen LogP contribution < -0.4 is 4.90 Å². The van der Waals surface area contributed by atoms with Gasteiger partial charge in [-0.15, -0.1) is 11.3 Å². The van der Waals surface area contributed by atoms with Crippen molar-refractivity contribution < 1.29 is 9.90 Å². The number of hydrogen-bond acceptors (Lipinski definition) is 3. The molecule has 1 aromatic rings. The fourth-order valence-corrected chi connectivity index (χ4v) is 2.20. The van der Waals surface area contributed by atoms with Crippen LogP contribution in [0.4, 0.5) is 5.00 Å². The summed E-state index contributed by atoms with van der Waals surface area (Å²) in [5.41, 5.74) is 0. The number of likely N-dealkylation sites (N-methyl/N-ethyl adjacent to an activating group) is 1. The number of aliphatic hydroxyl groups is 1. The molecule has 3 nitrogen and oxygen atoms in total. The van der Waals surface area contributed by atoms with Crippen molar-refractivity contribution in [1.29, 1.82) is 0 Å². The molecule has 0 radical (unpaired) electrons. The zero-order valence-electron chi connectivity index (χ0n) is 7.32. The third kappa shape index (κ3) is 2.52. The highest BCUT2D eigenvalue weighted by Gasteiger charge is 2.16. The van der Waals surface area contributed by atoms with E-state index < -0.39 is 6.10 Å². The second-order valence-electron chi connectivity index (χ2n) is 2.65. The van der Waals surface area contributed by atoms with Gasteiger partial charge in [0.05, 0.1) is 8.79 Å². The molecule has 1 heterocycles. The highest BCUT2D eigenvalue weighted by atomic mass is 79.9. The summed E-state index contributed by atoms with van der Waals surface area (Å²) in [4.78, 5) is 12.8. The third-order valence-electron chi connectivity index (χ3n) is 1.58. The Balaban J connectivity index is 2.79. The average Bonchev–Trinajstić information content (AvgIpc) is 2.49. The molecule has 1 unspecified atom stereocenters. The Labute approximate surface area is 89.1 Å². The van der Waals surface area contributed by atoms with Gasteiger partial charge in [0, 0.05) is 7.05 Å². The number of rotatable bonds is 2. The number of amides is 1. The lowest BCUT2D eigenvalue weighted by Gasteiger charge is -2.16. The van der Waals surface area contributed by atoms with Gasteiger partial charge in [-0.3, -0.25) is 4.79 Å². The number of thiophene rings is 1. The van der Waals surface area contributed by atoms with E-state index in [0.717, 1.165) is 8.79 Å². The largest absolute Gasteiger partial charge is 0.384 e. The van der Waals surface area contributed by atoms with E-state index in [4.69, 9.17) is 5.11 Å². The van der Waals surface area contributed by atoms with Crippen LogP contribution in [0.2, 0.25) is 0 Å². The van der Waals surface area contributed by atoms with Crippen LogP contribution in [0.5, 0.6) is 0 Å². The quantitative estimate of drug-likeness (QED) is 0.885. The Morgan fingerprint density at radius 3 is 2.69 bits per heavy atom. The second kappa shape index (κ2) is 4.21. The predicted molar refractivity (Wildman–Crippen MR) is 57.1 cm³/mol. The van der Waals surface area contributed by atoms with Crippen molar-refractivity contribution in [3.63, 3.8) is 0 Å². The summed E-state index contributed by atoms with van der Waals surface area (Å²) in [6, 6.07) is 3.70. The summed E-state index contributed by atoms with van der Waals surface area (Å²) in [5.74, 6) is -0.297. The number of halogens is 1. The fraction of sp³-hybridized carbons (Fsp3) is 0.375. The Morgan fingerprint density at radius 1 is 1.69 bits per heavy atom. The summed E-state index contributed by atoms with van der Waals surface area (Å²) < 4.78 is 0.966. The van der Waals surface area contributed by atoms with Crippen LogP contribution in [0.1, 0.15) is 6.92 Å². The first-order valence-electron chi connectivity index (χ1n) is 3.73. The third-order valence-corrected chi connectivity index (χ3v) is 3.28. The Hall–Kier alpha value is -0.390. The lowest BCUT2D eigenvalue weighted by Crippen LogP contribution is -2.33. The number of anilines is 1. The second-order valence-corrected chi connectivity index (χ2v) is 5.09. The van der Waals surface area contributed by atoms with Gasteiger partial charge < -0.3 is 10.0 Å². The van der Waals surface area contributed by atoms with Crippen LogP contribution in [-0.2, 0) is 4.79 Å². The van der Waals surface area contributed by atoms with Crippen LogP contribution in [0.15, 0.2) is 15.9 Å². The van der Waals surface area contributed by atoms with Gasteiger partial charge in [-0.1, -0.05) is 0 Å². The molecule has 1 atom stereocenters. The first-order valence-corrected chi connectivity index (χ1v) is 5.34. The molecule has 0 aromatic carbocycles. The van der Waals surface area contributed by atoms with Crippen LogP contribution in [0.3, 0.4) is 0 Å². The summed E-state index contributed by atoms with van der Waals surface area (Å²) in [6.07, 6.45) is -0.953. The van der Waals surface area contributed by atoms with E-state index in [0.29, 0.717) is 0 Å². The fourth-order valence-electron chi connectivity index (χ4n) is 0.874. The molecule has 0 bridgehead atoms. The van der Waals surface area contributed by atoms with E-state index in [1.807, 2.05) is 12.1 Å². The van der Waals surface area contributed by atoms with Crippen LogP contribution in [0.25, 0.3) is 0 Å². The van der Waals surface area contributed by atoms with Crippen molar-refractivity contribution in [2.75, 3.05) is 11.9 Å². The maximum atomic E-state index is 11.3. The topological polar surface area (TPSA) is 40.5 Å². The molecule has 1 rings (SSSR count). The molecule has 0 spiro atoms. The van der Waals surface area contributed by atoms with Gasteiger partial charge in [-0.05, 0) is 35.0 Å². The molecule has 0 saturated carbocycles. The van der Waals surface area contributed by atoms with Crippen LogP contribution in [-0.4, -0.2) is 24.2 Å². The molecule has 1 aromatic heterocycles. The molecule has 13 heavy (non-hydrogen) atoms. The van der Waals surface area contributed by atoms with Gasteiger partial charge in [0.15, 0.2) is 0 Å². The lowest BCUT2D eigenvalue weighted by atomic mass is 10.3. The number of carbonyl (C=O) groups excluding carboxylic acids is 1. The summed E-state index contributed by atoms with van der Waals surface area (Å²) in [5, 5.41) is 9.88. The van der Waals surface area contributed by atoms with Crippen molar-refractivity contribution in [3.05, 3.63) is 15.9 Å². The van der Waals surface area contributed by atoms with E-state index >= 15 is 0 Å². The molecule has 0 aliphatic rings. The van der Waals surface area contributed by atoms with Crippen molar-refractivity contribution >= 4 is 38.2 Å². The minimum Gasteiger partial charge on any atom is -0.384 e. The van der Waals surface area contributed by atoms with Crippen LogP contribution >= 0.6 is 27.3 Å². The lowest BCUT2D eigenvalue weighted by molar-refractivity contribution is -0.125. The number of carbonyl (C=O) groups is 1. The van der Waals surface area contributed by atoms with Gasteiger partial charge in [0.1, 0.15) is 6.10 Å². The van der Waals surface area contributed by atoms with Crippen molar-refractivity contribution in [1.82, 2.24) is 0 Å². The molecular formula is C8H10BrNO2S. The summed E-state index contributed by atoms with van der Waals surface area (Å²) in [7, 11) is 1.65. The van der Waals surface area contributed by atoms with Gasteiger partial charge >= 0.3 is 0 Å². The molecule has 1 amide bonds. The van der Waals surface area contributed by atoms with Crippen LogP contribution in [0, 0.1) is 0 Å². The molecule has 0 aliphatic carbocycles. The van der Waals surface area contributed by atoms with E-state index in [-0.39, 0.29) is 5.91 Å². The zero-order valence-corrected chi connectivity index (χ0v) is 9.72. The summed E-state index contributed by atoms with van der Waals surface area (Å²) in [6.45, 7) is 1.46. The monoisotopic (exact) mass is 263 g/mol. The van der Waals surface area contributed by atoms with E-state index in [9.17, 15) is 4.79 Å². The highest BCUT2D eigenvalue weighted by molar-refractivity contribution is 9.11. The molecule has 72 valence electrons. The highest BCUT2D eigenvalue weighted by Crippen LogP contribution is 2.29. The summed E-state index contributed by atoms with van der Waals surface area (Å²) >= 11 is 4.76. The van der Waals surface area contributed by atoms with E-state index in [2.05, 4.69) is 15.9 Å². The van der Waals surface area contributed by atoms with Crippen molar-refractivity contribution in [3.8, 4) is 0 Å². The number of nitrogens with zero attached hydrogens (tertiary/aromatic N) is 1. The molecule has 0 saturated heterocycles. The smallest absolute Gasteiger partial charge is 0.255 e.